The first-order valence-corrected chi connectivity index (χ1v) is 10.4. The minimum absolute atomic E-state index is 0.164. The quantitative estimate of drug-likeness (QED) is 0.878. The summed E-state index contributed by atoms with van der Waals surface area (Å²) in [7, 11) is 0. The van der Waals surface area contributed by atoms with Crippen LogP contribution in [0.3, 0.4) is 0 Å². The molecule has 1 amide bonds. The van der Waals surface area contributed by atoms with E-state index in [2.05, 4.69) is 21.4 Å². The average molecular weight is 388 g/mol. The summed E-state index contributed by atoms with van der Waals surface area (Å²) in [5, 5.41) is 2.15. The van der Waals surface area contributed by atoms with Crippen molar-refractivity contribution < 1.29 is 9.53 Å². The minimum atomic E-state index is -0.332. The van der Waals surface area contributed by atoms with Gasteiger partial charge in [-0.2, -0.15) is 4.98 Å². The molecule has 2 aliphatic heterocycles. The van der Waals surface area contributed by atoms with Gasteiger partial charge in [-0.1, -0.05) is 0 Å². The van der Waals surface area contributed by atoms with E-state index in [1.807, 2.05) is 18.7 Å². The molecule has 2 aliphatic rings. The zero-order valence-corrected chi connectivity index (χ0v) is 16.7. The topological polar surface area (TPSA) is 75.3 Å². The number of rotatable bonds is 3. The lowest BCUT2D eigenvalue weighted by Gasteiger charge is -2.43. The van der Waals surface area contributed by atoms with Gasteiger partial charge < -0.3 is 14.6 Å². The molecule has 4 heterocycles. The van der Waals surface area contributed by atoms with Crippen LogP contribution >= 0.6 is 11.3 Å². The summed E-state index contributed by atoms with van der Waals surface area (Å²) in [6.45, 7) is 5.93. The number of aromatic nitrogens is 2. The molecule has 0 bridgehead atoms. The smallest absolute Gasteiger partial charge is 0.345 e. The second-order valence-electron chi connectivity index (χ2n) is 7.48. The summed E-state index contributed by atoms with van der Waals surface area (Å²) in [6, 6.07) is 2.21. The van der Waals surface area contributed by atoms with Crippen LogP contribution in [-0.2, 0) is 28.0 Å². The van der Waals surface area contributed by atoms with Crippen molar-refractivity contribution in [3.05, 3.63) is 49.3 Å². The fraction of sp³-hybridized carbons (Fsp3) is 0.550. The monoisotopic (exact) mass is 387 g/mol. The molecule has 0 saturated carbocycles. The van der Waals surface area contributed by atoms with Crippen LogP contribution in [0.25, 0.3) is 0 Å². The predicted molar refractivity (Wildman–Crippen MR) is 104 cm³/mol. The number of amides is 1. The zero-order chi connectivity index (χ0) is 19.0. The van der Waals surface area contributed by atoms with Crippen LogP contribution in [0.15, 0.2) is 16.2 Å². The number of nitrogens with zero attached hydrogens (tertiary/aromatic N) is 2. The minimum Gasteiger partial charge on any atom is -0.369 e. The highest BCUT2D eigenvalue weighted by Gasteiger charge is 2.42. The number of hydrogen-bond donors (Lipinski definition) is 1. The zero-order valence-electron chi connectivity index (χ0n) is 15.8. The first-order chi connectivity index (χ1) is 13.0. The molecule has 27 heavy (non-hydrogen) atoms. The van der Waals surface area contributed by atoms with Crippen LogP contribution in [0.2, 0.25) is 0 Å². The third kappa shape index (κ3) is 3.46. The number of nitrogens with one attached hydrogen (secondary N) is 1. The van der Waals surface area contributed by atoms with Crippen LogP contribution in [0, 0.1) is 13.8 Å². The van der Waals surface area contributed by atoms with Gasteiger partial charge in [0.2, 0.25) is 5.91 Å². The van der Waals surface area contributed by atoms with Gasteiger partial charge in [-0.05, 0) is 62.1 Å². The molecule has 6 nitrogen and oxygen atoms in total. The van der Waals surface area contributed by atoms with Crippen LogP contribution in [-0.4, -0.2) is 40.5 Å². The van der Waals surface area contributed by atoms with Crippen molar-refractivity contribution in [3.8, 4) is 0 Å². The van der Waals surface area contributed by atoms with Gasteiger partial charge in [0, 0.05) is 35.8 Å². The van der Waals surface area contributed by atoms with E-state index >= 15 is 0 Å². The third-order valence-electron chi connectivity index (χ3n) is 5.88. The fourth-order valence-electron chi connectivity index (χ4n) is 4.36. The summed E-state index contributed by atoms with van der Waals surface area (Å²) in [6.07, 6.45) is 3.77. The van der Waals surface area contributed by atoms with Crippen molar-refractivity contribution >= 4 is 17.2 Å². The van der Waals surface area contributed by atoms with E-state index in [9.17, 15) is 9.59 Å². The maximum absolute atomic E-state index is 12.7. The van der Waals surface area contributed by atoms with Crippen LogP contribution in [0.5, 0.6) is 0 Å². The highest BCUT2D eigenvalue weighted by atomic mass is 32.1. The predicted octanol–water partition coefficient (Wildman–Crippen LogP) is 2.47. The Labute approximate surface area is 162 Å². The first-order valence-electron chi connectivity index (χ1n) is 9.53. The molecule has 0 radical (unpaired) electrons. The van der Waals surface area contributed by atoms with E-state index < -0.39 is 0 Å². The number of carbonyl (C=O) groups excluding carboxylic acids is 1. The van der Waals surface area contributed by atoms with Crippen LogP contribution in [0.1, 0.15) is 46.7 Å². The van der Waals surface area contributed by atoms with Gasteiger partial charge in [-0.15, -0.1) is 11.3 Å². The Hall–Kier alpha value is -1.99. The largest absolute Gasteiger partial charge is 0.369 e. The maximum Gasteiger partial charge on any atom is 0.345 e. The Morgan fingerprint density at radius 2 is 2.15 bits per heavy atom. The number of likely N-dealkylation sites (tertiary alicyclic amines) is 1. The van der Waals surface area contributed by atoms with E-state index in [0.29, 0.717) is 18.5 Å². The van der Waals surface area contributed by atoms with Crippen molar-refractivity contribution in [2.75, 3.05) is 19.7 Å². The number of thiophene rings is 1. The van der Waals surface area contributed by atoms with Gasteiger partial charge in [0.15, 0.2) is 0 Å². The van der Waals surface area contributed by atoms with Gasteiger partial charge >= 0.3 is 5.69 Å². The molecular weight excluding hydrogens is 362 g/mol. The molecule has 144 valence electrons. The van der Waals surface area contributed by atoms with Crippen LogP contribution in [0.4, 0.5) is 0 Å². The molecule has 1 saturated heterocycles. The SMILES string of the molecule is Cc1nc(=O)[nH]c(C)c1CCC(=O)N1CCC2(CC1)OCCc1ccsc12. The standard InChI is InChI=1S/C20H25N3O3S/c1-13-16(14(2)22-19(25)21-13)3-4-17(24)23-9-7-20(8-10-23)18-15(5-11-26-20)6-12-27-18/h6,12H,3-5,7-11H2,1-2H3,(H,21,22,25). The number of fused-ring (bicyclic) bond motifs is 2. The second-order valence-corrected chi connectivity index (χ2v) is 8.40. The highest BCUT2D eigenvalue weighted by molar-refractivity contribution is 7.10. The molecule has 2 aromatic rings. The maximum atomic E-state index is 12.7. The van der Waals surface area contributed by atoms with E-state index in [4.69, 9.17) is 4.74 Å². The Morgan fingerprint density at radius 3 is 2.89 bits per heavy atom. The van der Waals surface area contributed by atoms with Gasteiger partial charge in [0.1, 0.15) is 5.60 Å². The molecule has 7 heteroatoms. The molecule has 1 spiro atoms. The summed E-state index contributed by atoms with van der Waals surface area (Å²) in [4.78, 5) is 34.1. The van der Waals surface area contributed by atoms with E-state index in [1.165, 1.54) is 10.4 Å². The lowest BCUT2D eigenvalue weighted by Crippen LogP contribution is -2.47. The Balaban J connectivity index is 1.38. The summed E-state index contributed by atoms with van der Waals surface area (Å²) in [5.41, 5.74) is 3.38. The number of carbonyl (C=O) groups is 1. The lowest BCUT2D eigenvalue weighted by atomic mass is 9.85. The molecule has 4 rings (SSSR count). The van der Waals surface area contributed by atoms with Crippen molar-refractivity contribution in [1.29, 1.82) is 0 Å². The summed E-state index contributed by atoms with van der Waals surface area (Å²) >= 11 is 1.79. The van der Waals surface area contributed by atoms with Crippen molar-refractivity contribution in [1.82, 2.24) is 14.9 Å². The Kier molecular flexibility index (Phi) is 4.90. The fourth-order valence-corrected chi connectivity index (χ4v) is 5.52. The Bertz CT molecular complexity index is 883. The van der Waals surface area contributed by atoms with E-state index in [1.54, 1.807) is 11.3 Å². The average Bonchev–Trinajstić information content (AvgIpc) is 3.12. The first kappa shape index (κ1) is 18.4. The number of aromatic amines is 1. The summed E-state index contributed by atoms with van der Waals surface area (Å²) in [5.74, 6) is 0.164. The van der Waals surface area contributed by atoms with Gasteiger partial charge in [0.25, 0.3) is 0 Å². The molecule has 1 N–H and O–H groups in total. The number of piperidine rings is 1. The highest BCUT2D eigenvalue weighted by Crippen LogP contribution is 2.44. The molecule has 0 aliphatic carbocycles. The molecular formula is C20H25N3O3S. The van der Waals surface area contributed by atoms with E-state index in [0.717, 1.165) is 50.2 Å². The second kappa shape index (κ2) is 7.20. The number of H-pyrrole nitrogens is 1. The molecule has 1 fully saturated rings. The van der Waals surface area contributed by atoms with Crippen LogP contribution < -0.4 is 5.69 Å². The van der Waals surface area contributed by atoms with Gasteiger partial charge in [0.05, 0.1) is 6.61 Å². The van der Waals surface area contributed by atoms with Gasteiger partial charge in [-0.25, -0.2) is 4.79 Å². The molecule has 2 aromatic heterocycles. The molecule has 0 aromatic carbocycles. The summed E-state index contributed by atoms with van der Waals surface area (Å²) < 4.78 is 6.22. The van der Waals surface area contributed by atoms with Crippen molar-refractivity contribution in [2.24, 2.45) is 0 Å². The normalized spacial score (nSPS) is 18.5. The third-order valence-corrected chi connectivity index (χ3v) is 7.02. The molecule has 0 unspecified atom stereocenters. The van der Waals surface area contributed by atoms with Crippen molar-refractivity contribution in [2.45, 2.75) is 51.6 Å². The van der Waals surface area contributed by atoms with Gasteiger partial charge in [-0.3, -0.25) is 4.79 Å². The van der Waals surface area contributed by atoms with E-state index in [-0.39, 0.29) is 17.2 Å². The number of ether oxygens (including phenoxy) is 1. The molecule has 0 atom stereocenters. The number of hydrogen-bond acceptors (Lipinski definition) is 5. The Morgan fingerprint density at radius 1 is 1.37 bits per heavy atom. The lowest BCUT2D eigenvalue weighted by molar-refractivity contribution is -0.140. The van der Waals surface area contributed by atoms with Crippen molar-refractivity contribution in [3.63, 3.8) is 0 Å². The number of aryl methyl sites for hydroxylation is 2.